The van der Waals surface area contributed by atoms with Crippen molar-refractivity contribution in [3.63, 3.8) is 0 Å². The van der Waals surface area contributed by atoms with Crippen LogP contribution in [0.25, 0.3) is 0 Å². The summed E-state index contributed by atoms with van der Waals surface area (Å²) in [5.74, 6) is 1.69. The van der Waals surface area contributed by atoms with Gasteiger partial charge in [-0.2, -0.15) is 11.8 Å². The molecule has 0 spiro atoms. The second-order valence-corrected chi connectivity index (χ2v) is 7.38. The van der Waals surface area contributed by atoms with Crippen molar-refractivity contribution in [2.45, 2.75) is 38.1 Å². The molecule has 1 fully saturated rings. The van der Waals surface area contributed by atoms with Gasteiger partial charge in [-0.25, -0.2) is 0 Å². The molecule has 1 saturated carbocycles. The van der Waals surface area contributed by atoms with Gasteiger partial charge >= 0.3 is 0 Å². The molecule has 2 amide bonds. The molecule has 0 aliphatic heterocycles. The van der Waals surface area contributed by atoms with Crippen molar-refractivity contribution in [3.8, 4) is 5.75 Å². The van der Waals surface area contributed by atoms with Crippen LogP contribution in [-0.4, -0.2) is 43.0 Å². The highest BCUT2D eigenvalue weighted by atomic mass is 32.2. The van der Waals surface area contributed by atoms with Crippen LogP contribution in [0, 0.1) is 5.92 Å². The van der Waals surface area contributed by atoms with E-state index in [4.69, 9.17) is 4.74 Å². The van der Waals surface area contributed by atoms with Crippen LogP contribution in [0.1, 0.15) is 32.1 Å². The van der Waals surface area contributed by atoms with E-state index in [0.717, 1.165) is 5.75 Å². The van der Waals surface area contributed by atoms with Crippen molar-refractivity contribution in [1.82, 2.24) is 10.6 Å². The zero-order valence-corrected chi connectivity index (χ0v) is 15.6. The van der Waals surface area contributed by atoms with Gasteiger partial charge in [0.15, 0.2) is 6.61 Å². The lowest BCUT2D eigenvalue weighted by atomic mass is 10.1. The number of ether oxygens (including phenoxy) is 1. The summed E-state index contributed by atoms with van der Waals surface area (Å²) < 4.78 is 5.45. The average Bonchev–Trinajstić information content (AvgIpc) is 3.16. The molecule has 1 atom stereocenters. The summed E-state index contributed by atoms with van der Waals surface area (Å²) >= 11 is 1.67. The van der Waals surface area contributed by atoms with Crippen molar-refractivity contribution in [3.05, 3.63) is 30.3 Å². The molecule has 25 heavy (non-hydrogen) atoms. The zero-order chi connectivity index (χ0) is 17.9. The van der Waals surface area contributed by atoms with Gasteiger partial charge in [-0.1, -0.05) is 31.0 Å². The fourth-order valence-corrected chi connectivity index (χ4v) is 3.46. The monoisotopic (exact) mass is 364 g/mol. The third kappa shape index (κ3) is 7.38. The molecule has 0 radical (unpaired) electrons. The predicted octanol–water partition coefficient (Wildman–Crippen LogP) is 2.61. The third-order valence-corrected chi connectivity index (χ3v) is 5.06. The molecule has 0 saturated heterocycles. The van der Waals surface area contributed by atoms with Crippen molar-refractivity contribution < 1.29 is 14.3 Å². The van der Waals surface area contributed by atoms with Crippen molar-refractivity contribution in [2.75, 3.05) is 25.2 Å². The highest BCUT2D eigenvalue weighted by molar-refractivity contribution is 7.98. The van der Waals surface area contributed by atoms with E-state index < -0.39 is 6.04 Å². The summed E-state index contributed by atoms with van der Waals surface area (Å²) in [4.78, 5) is 24.6. The number of benzene rings is 1. The Morgan fingerprint density at radius 3 is 2.64 bits per heavy atom. The van der Waals surface area contributed by atoms with Crippen molar-refractivity contribution in [2.24, 2.45) is 5.92 Å². The first kappa shape index (κ1) is 19.6. The molecule has 1 aliphatic carbocycles. The zero-order valence-electron chi connectivity index (χ0n) is 14.8. The summed E-state index contributed by atoms with van der Waals surface area (Å²) in [5.41, 5.74) is 0. The molecule has 0 bridgehead atoms. The van der Waals surface area contributed by atoms with Crippen LogP contribution < -0.4 is 15.4 Å². The van der Waals surface area contributed by atoms with Gasteiger partial charge in [0.1, 0.15) is 11.8 Å². The van der Waals surface area contributed by atoms with Crippen LogP contribution in [0.2, 0.25) is 0 Å². The smallest absolute Gasteiger partial charge is 0.258 e. The van der Waals surface area contributed by atoms with Crippen LogP contribution in [-0.2, 0) is 9.59 Å². The van der Waals surface area contributed by atoms with Gasteiger partial charge in [-0.3, -0.25) is 9.59 Å². The molecule has 2 N–H and O–H groups in total. The van der Waals surface area contributed by atoms with Crippen LogP contribution in [0.3, 0.4) is 0 Å². The molecule has 0 heterocycles. The molecule has 138 valence electrons. The highest BCUT2D eigenvalue weighted by Crippen LogP contribution is 2.23. The van der Waals surface area contributed by atoms with Crippen LogP contribution in [0.15, 0.2) is 30.3 Å². The maximum Gasteiger partial charge on any atom is 0.258 e. The molecule has 1 unspecified atom stereocenters. The molecule has 1 aromatic carbocycles. The number of rotatable bonds is 10. The lowest BCUT2D eigenvalue weighted by Crippen LogP contribution is -2.49. The van der Waals surface area contributed by atoms with E-state index in [1.807, 2.05) is 24.5 Å². The molecular formula is C19H28N2O3S. The normalized spacial score (nSPS) is 15.6. The number of hydrogen-bond donors (Lipinski definition) is 2. The Morgan fingerprint density at radius 2 is 1.96 bits per heavy atom. The van der Waals surface area contributed by atoms with E-state index in [2.05, 4.69) is 10.6 Å². The van der Waals surface area contributed by atoms with Gasteiger partial charge in [-0.05, 0) is 49.3 Å². The van der Waals surface area contributed by atoms with E-state index in [0.29, 0.717) is 24.6 Å². The summed E-state index contributed by atoms with van der Waals surface area (Å²) in [6, 6.07) is 8.69. The molecule has 1 aliphatic rings. The number of para-hydroxylation sites is 1. The van der Waals surface area contributed by atoms with Crippen molar-refractivity contribution >= 4 is 23.6 Å². The van der Waals surface area contributed by atoms with Crippen LogP contribution >= 0.6 is 11.8 Å². The molecule has 2 rings (SSSR count). The Kier molecular flexibility index (Phi) is 8.66. The Labute approximate surface area is 154 Å². The Bertz CT molecular complexity index is 533. The first-order chi connectivity index (χ1) is 12.2. The lowest BCUT2D eigenvalue weighted by molar-refractivity contribution is -0.130. The summed E-state index contributed by atoms with van der Waals surface area (Å²) in [6.45, 7) is 0.626. The largest absolute Gasteiger partial charge is 0.484 e. The maximum atomic E-state index is 12.4. The quantitative estimate of drug-likeness (QED) is 0.670. The minimum Gasteiger partial charge on any atom is -0.484 e. The fourth-order valence-electron chi connectivity index (χ4n) is 2.99. The SMILES string of the molecule is CSCCC(NC(=O)COc1ccccc1)C(=O)NCC1CCCC1. The Morgan fingerprint density at radius 1 is 1.24 bits per heavy atom. The number of carbonyl (C=O) groups excluding carboxylic acids is 2. The second kappa shape index (κ2) is 11.0. The maximum absolute atomic E-state index is 12.4. The van der Waals surface area contributed by atoms with Crippen molar-refractivity contribution in [1.29, 1.82) is 0 Å². The van der Waals surface area contributed by atoms with E-state index in [9.17, 15) is 9.59 Å². The molecule has 5 nitrogen and oxygen atoms in total. The fraction of sp³-hybridized carbons (Fsp3) is 0.579. The topological polar surface area (TPSA) is 67.4 Å². The average molecular weight is 365 g/mol. The van der Waals surface area contributed by atoms with Gasteiger partial charge in [0.05, 0.1) is 0 Å². The number of thioether (sulfide) groups is 1. The van der Waals surface area contributed by atoms with Gasteiger partial charge in [0, 0.05) is 6.54 Å². The number of carbonyl (C=O) groups is 2. The predicted molar refractivity (Wildman–Crippen MR) is 102 cm³/mol. The molecular weight excluding hydrogens is 336 g/mol. The molecule has 1 aromatic rings. The first-order valence-electron chi connectivity index (χ1n) is 8.93. The van der Waals surface area contributed by atoms with E-state index in [1.54, 1.807) is 23.9 Å². The molecule has 6 heteroatoms. The Hall–Kier alpha value is -1.69. The van der Waals surface area contributed by atoms with E-state index >= 15 is 0 Å². The Balaban J connectivity index is 1.78. The standard InChI is InChI=1S/C19H28N2O3S/c1-25-12-11-17(19(23)20-13-15-7-5-6-8-15)21-18(22)14-24-16-9-3-2-4-10-16/h2-4,9-10,15,17H,5-8,11-14H2,1H3,(H,20,23)(H,21,22). The lowest BCUT2D eigenvalue weighted by Gasteiger charge is -2.19. The number of hydrogen-bond acceptors (Lipinski definition) is 4. The van der Waals surface area contributed by atoms with Gasteiger partial charge in [0.2, 0.25) is 5.91 Å². The molecule has 0 aromatic heterocycles. The minimum atomic E-state index is -0.499. The summed E-state index contributed by atoms with van der Waals surface area (Å²) in [6.07, 6.45) is 7.50. The minimum absolute atomic E-state index is 0.0876. The van der Waals surface area contributed by atoms with Gasteiger partial charge in [0.25, 0.3) is 5.91 Å². The van der Waals surface area contributed by atoms with E-state index in [1.165, 1.54) is 25.7 Å². The van der Waals surface area contributed by atoms with Gasteiger partial charge in [-0.15, -0.1) is 0 Å². The number of amides is 2. The highest BCUT2D eigenvalue weighted by Gasteiger charge is 2.22. The first-order valence-corrected chi connectivity index (χ1v) is 10.3. The summed E-state index contributed by atoms with van der Waals surface area (Å²) in [7, 11) is 0. The number of nitrogens with one attached hydrogen (secondary N) is 2. The van der Waals surface area contributed by atoms with Gasteiger partial charge < -0.3 is 15.4 Å². The van der Waals surface area contributed by atoms with Crippen LogP contribution in [0.4, 0.5) is 0 Å². The van der Waals surface area contributed by atoms with Crippen LogP contribution in [0.5, 0.6) is 5.75 Å². The summed E-state index contributed by atoms with van der Waals surface area (Å²) in [5, 5.41) is 5.82. The second-order valence-electron chi connectivity index (χ2n) is 6.40. The third-order valence-electron chi connectivity index (χ3n) is 4.42. The van der Waals surface area contributed by atoms with E-state index in [-0.39, 0.29) is 18.4 Å².